The molecule has 1 unspecified atom stereocenters. The van der Waals surface area contributed by atoms with E-state index in [2.05, 4.69) is 4.98 Å². The van der Waals surface area contributed by atoms with Gasteiger partial charge in [0.1, 0.15) is 0 Å². The third kappa shape index (κ3) is 3.90. The third-order valence-corrected chi connectivity index (χ3v) is 4.77. The van der Waals surface area contributed by atoms with Crippen LogP contribution in [-0.4, -0.2) is 43.5 Å². The largest absolute Gasteiger partial charge is 0.481 e. The van der Waals surface area contributed by atoms with E-state index >= 15 is 0 Å². The first-order valence-corrected chi connectivity index (χ1v) is 8.43. The number of aromatic nitrogens is 2. The molecule has 0 aliphatic carbocycles. The number of carbonyl (C=O) groups excluding carboxylic acids is 1. The maximum Gasteiger partial charge on any atom is 0.303 e. The maximum atomic E-state index is 13.0. The highest BCUT2D eigenvalue weighted by molar-refractivity contribution is 5.95. The Bertz CT molecular complexity index is 768. The van der Waals surface area contributed by atoms with Crippen molar-refractivity contribution in [3.05, 3.63) is 54.1 Å². The van der Waals surface area contributed by atoms with Crippen molar-refractivity contribution in [1.82, 2.24) is 14.5 Å². The number of carbonyl (C=O) groups is 2. The van der Waals surface area contributed by atoms with Gasteiger partial charge in [-0.1, -0.05) is 12.1 Å². The Kier molecular flexibility index (Phi) is 4.61. The molecule has 0 spiro atoms. The fourth-order valence-electron chi connectivity index (χ4n) is 3.68. The van der Waals surface area contributed by atoms with Crippen molar-refractivity contribution in [3.8, 4) is 0 Å². The molecule has 6 nitrogen and oxygen atoms in total. The van der Waals surface area contributed by atoms with Gasteiger partial charge in [0, 0.05) is 43.0 Å². The summed E-state index contributed by atoms with van der Waals surface area (Å²) >= 11 is 0. The molecule has 0 saturated carbocycles. The van der Waals surface area contributed by atoms with Gasteiger partial charge < -0.3 is 14.6 Å². The van der Waals surface area contributed by atoms with Crippen LogP contribution in [0.5, 0.6) is 0 Å². The number of likely N-dealkylation sites (tertiary alicyclic amines) is 1. The molecule has 25 heavy (non-hydrogen) atoms. The lowest BCUT2D eigenvalue weighted by Crippen LogP contribution is -2.42. The van der Waals surface area contributed by atoms with Crippen LogP contribution in [0.15, 0.2) is 43.0 Å². The van der Waals surface area contributed by atoms with E-state index in [9.17, 15) is 9.59 Å². The lowest BCUT2D eigenvalue weighted by molar-refractivity contribution is -0.138. The summed E-state index contributed by atoms with van der Waals surface area (Å²) in [6, 6.07) is 7.60. The number of rotatable bonds is 5. The summed E-state index contributed by atoms with van der Waals surface area (Å²) in [5.74, 6) is -0.839. The second-order valence-corrected chi connectivity index (χ2v) is 7.33. The summed E-state index contributed by atoms with van der Waals surface area (Å²) in [5.41, 5.74) is 1.34. The molecule has 0 radical (unpaired) electrons. The Hall–Kier alpha value is -2.63. The topological polar surface area (TPSA) is 75.4 Å². The average Bonchev–Trinajstić information content (AvgIpc) is 3.13. The second-order valence-electron chi connectivity index (χ2n) is 7.33. The first-order chi connectivity index (χ1) is 11.8. The molecule has 1 atom stereocenters. The van der Waals surface area contributed by atoms with E-state index in [4.69, 9.17) is 5.11 Å². The fourth-order valence-corrected chi connectivity index (χ4v) is 3.68. The van der Waals surface area contributed by atoms with Crippen molar-refractivity contribution in [2.24, 2.45) is 5.92 Å². The monoisotopic (exact) mass is 341 g/mol. The molecule has 1 aliphatic rings. The van der Waals surface area contributed by atoms with Gasteiger partial charge in [-0.2, -0.15) is 0 Å². The zero-order valence-electron chi connectivity index (χ0n) is 14.6. The van der Waals surface area contributed by atoms with Crippen LogP contribution >= 0.6 is 0 Å². The minimum absolute atomic E-state index is 0.00517. The van der Waals surface area contributed by atoms with E-state index in [1.165, 1.54) is 0 Å². The van der Waals surface area contributed by atoms with E-state index in [-0.39, 0.29) is 23.8 Å². The molecule has 6 heteroatoms. The van der Waals surface area contributed by atoms with E-state index in [1.54, 1.807) is 12.5 Å². The normalized spacial score (nSPS) is 19.1. The summed E-state index contributed by atoms with van der Waals surface area (Å²) in [6.45, 7) is 5.15. The van der Waals surface area contributed by atoms with Gasteiger partial charge in [-0.15, -0.1) is 0 Å². The summed E-state index contributed by atoms with van der Waals surface area (Å²) < 4.78 is 1.95. The molecule has 1 aromatic carbocycles. The molecular formula is C19H23N3O3. The number of imidazole rings is 1. The van der Waals surface area contributed by atoms with Crippen molar-refractivity contribution >= 4 is 11.9 Å². The van der Waals surface area contributed by atoms with Crippen LogP contribution in [0.25, 0.3) is 0 Å². The Morgan fingerprint density at radius 3 is 2.84 bits per heavy atom. The highest BCUT2D eigenvalue weighted by Gasteiger charge is 2.41. The molecule has 1 aromatic heterocycles. The molecule has 3 rings (SSSR count). The summed E-state index contributed by atoms with van der Waals surface area (Å²) in [4.78, 5) is 29.9. The number of hydrogen-bond donors (Lipinski definition) is 1. The van der Waals surface area contributed by atoms with Gasteiger partial charge >= 0.3 is 5.97 Å². The van der Waals surface area contributed by atoms with Crippen LogP contribution < -0.4 is 0 Å². The van der Waals surface area contributed by atoms with Crippen molar-refractivity contribution in [1.29, 1.82) is 0 Å². The standard InChI is InChI=1S/C19H23N3O3/c1-19(2)10-15(9-17(23)24)12-22(19)18(25)16-5-3-4-14(8-16)11-21-7-6-20-13-21/h3-8,13,15H,9-12H2,1-2H3,(H,23,24). The molecule has 2 heterocycles. The Balaban J connectivity index is 1.77. The molecule has 132 valence electrons. The van der Waals surface area contributed by atoms with Gasteiger partial charge in [0.05, 0.1) is 6.33 Å². The highest BCUT2D eigenvalue weighted by Crippen LogP contribution is 2.35. The minimum Gasteiger partial charge on any atom is -0.481 e. The SMILES string of the molecule is CC1(C)CC(CC(=O)O)CN1C(=O)c1cccc(Cn2ccnc2)c1. The summed E-state index contributed by atoms with van der Waals surface area (Å²) in [5, 5.41) is 9.03. The average molecular weight is 341 g/mol. The van der Waals surface area contributed by atoms with Crippen LogP contribution in [0, 0.1) is 5.92 Å². The van der Waals surface area contributed by atoms with E-state index in [0.717, 1.165) is 5.56 Å². The van der Waals surface area contributed by atoms with Crippen LogP contribution in [0.1, 0.15) is 42.6 Å². The highest BCUT2D eigenvalue weighted by atomic mass is 16.4. The zero-order valence-corrected chi connectivity index (χ0v) is 14.6. The number of aliphatic carboxylic acids is 1. The summed E-state index contributed by atoms with van der Waals surface area (Å²) in [6.07, 6.45) is 6.17. The van der Waals surface area contributed by atoms with Crippen LogP contribution in [-0.2, 0) is 11.3 Å². The van der Waals surface area contributed by atoms with Gasteiger partial charge in [-0.05, 0) is 43.9 Å². The quantitative estimate of drug-likeness (QED) is 0.907. The van der Waals surface area contributed by atoms with Gasteiger partial charge in [-0.25, -0.2) is 4.98 Å². The molecule has 1 N–H and O–H groups in total. The predicted octanol–water partition coefficient (Wildman–Crippen LogP) is 2.65. The first-order valence-electron chi connectivity index (χ1n) is 8.43. The fraction of sp³-hybridized carbons (Fsp3) is 0.421. The minimum atomic E-state index is -0.808. The summed E-state index contributed by atoms with van der Waals surface area (Å²) in [7, 11) is 0. The van der Waals surface area contributed by atoms with Gasteiger partial charge in [0.2, 0.25) is 0 Å². The van der Waals surface area contributed by atoms with E-state index < -0.39 is 5.97 Å². The number of benzene rings is 1. The Labute approximate surface area is 147 Å². The molecule has 1 saturated heterocycles. The lowest BCUT2D eigenvalue weighted by atomic mass is 9.94. The van der Waals surface area contributed by atoms with Crippen LogP contribution in [0.4, 0.5) is 0 Å². The smallest absolute Gasteiger partial charge is 0.303 e. The second kappa shape index (κ2) is 6.70. The molecule has 2 aromatic rings. The van der Waals surface area contributed by atoms with Crippen molar-refractivity contribution in [2.75, 3.05) is 6.54 Å². The molecule has 1 aliphatic heterocycles. The number of amides is 1. The lowest BCUT2D eigenvalue weighted by Gasteiger charge is -2.31. The van der Waals surface area contributed by atoms with E-state index in [0.29, 0.717) is 25.1 Å². The zero-order chi connectivity index (χ0) is 18.0. The first kappa shape index (κ1) is 17.2. The van der Waals surface area contributed by atoms with Crippen molar-refractivity contribution in [2.45, 2.75) is 38.8 Å². The maximum absolute atomic E-state index is 13.0. The van der Waals surface area contributed by atoms with Gasteiger partial charge in [0.15, 0.2) is 0 Å². The number of carboxylic acids is 1. The van der Waals surface area contributed by atoms with Gasteiger partial charge in [-0.3, -0.25) is 9.59 Å². The van der Waals surface area contributed by atoms with E-state index in [1.807, 2.05) is 53.8 Å². The molecule has 1 amide bonds. The number of carboxylic acid groups (broad SMARTS) is 1. The Morgan fingerprint density at radius 1 is 1.36 bits per heavy atom. The van der Waals surface area contributed by atoms with Gasteiger partial charge in [0.25, 0.3) is 5.91 Å². The number of hydrogen-bond acceptors (Lipinski definition) is 3. The number of nitrogens with zero attached hydrogens (tertiary/aromatic N) is 3. The van der Waals surface area contributed by atoms with Crippen LogP contribution in [0.2, 0.25) is 0 Å². The third-order valence-electron chi connectivity index (χ3n) is 4.77. The predicted molar refractivity (Wildman–Crippen MR) is 93.2 cm³/mol. The molecule has 0 bridgehead atoms. The Morgan fingerprint density at radius 2 is 2.16 bits per heavy atom. The van der Waals surface area contributed by atoms with Crippen LogP contribution in [0.3, 0.4) is 0 Å². The van der Waals surface area contributed by atoms with Crippen molar-refractivity contribution < 1.29 is 14.7 Å². The molecule has 1 fully saturated rings. The molecular weight excluding hydrogens is 318 g/mol. The van der Waals surface area contributed by atoms with Crippen molar-refractivity contribution in [3.63, 3.8) is 0 Å².